The SMILES string of the molecule is CCCCC(CC)C(=O)c1c[nH]c2cccc(OCC)c12. The number of H-pyrrole nitrogens is 1. The first-order valence-corrected chi connectivity index (χ1v) is 7.99. The van der Waals surface area contributed by atoms with E-state index in [2.05, 4.69) is 18.8 Å². The number of aromatic amines is 1. The van der Waals surface area contributed by atoms with Crippen LogP contribution in [-0.2, 0) is 0 Å². The van der Waals surface area contributed by atoms with Gasteiger partial charge in [-0.2, -0.15) is 0 Å². The molecule has 0 spiro atoms. The molecule has 1 aromatic heterocycles. The van der Waals surface area contributed by atoms with Crippen LogP contribution in [0.1, 0.15) is 56.8 Å². The number of hydrogen-bond donors (Lipinski definition) is 1. The fourth-order valence-electron chi connectivity index (χ4n) is 2.81. The Morgan fingerprint density at radius 2 is 2.10 bits per heavy atom. The van der Waals surface area contributed by atoms with Gasteiger partial charge in [-0.3, -0.25) is 4.79 Å². The minimum absolute atomic E-state index is 0.110. The minimum Gasteiger partial charge on any atom is -0.493 e. The second-order valence-corrected chi connectivity index (χ2v) is 5.43. The van der Waals surface area contributed by atoms with E-state index < -0.39 is 0 Å². The Hall–Kier alpha value is -1.77. The Kier molecular flexibility index (Phi) is 5.43. The number of aromatic nitrogens is 1. The highest BCUT2D eigenvalue weighted by Crippen LogP contribution is 2.31. The average molecular weight is 287 g/mol. The third-order valence-electron chi connectivity index (χ3n) is 4.00. The summed E-state index contributed by atoms with van der Waals surface area (Å²) < 4.78 is 5.69. The van der Waals surface area contributed by atoms with Crippen LogP contribution in [0.5, 0.6) is 5.75 Å². The van der Waals surface area contributed by atoms with E-state index in [0.717, 1.165) is 47.9 Å². The summed E-state index contributed by atoms with van der Waals surface area (Å²) in [5.41, 5.74) is 1.74. The molecule has 0 saturated heterocycles. The predicted molar refractivity (Wildman–Crippen MR) is 87.1 cm³/mol. The molecule has 0 radical (unpaired) electrons. The summed E-state index contributed by atoms with van der Waals surface area (Å²) in [7, 11) is 0. The lowest BCUT2D eigenvalue weighted by Crippen LogP contribution is -2.14. The first-order chi connectivity index (χ1) is 10.2. The van der Waals surface area contributed by atoms with E-state index in [1.807, 2.05) is 31.3 Å². The fourth-order valence-corrected chi connectivity index (χ4v) is 2.81. The number of carbonyl (C=O) groups is 1. The summed E-state index contributed by atoms with van der Waals surface area (Å²) in [4.78, 5) is 16.0. The molecule has 2 aromatic rings. The van der Waals surface area contributed by atoms with Crippen LogP contribution in [0, 0.1) is 5.92 Å². The van der Waals surface area contributed by atoms with Gasteiger partial charge in [0.25, 0.3) is 0 Å². The molecule has 1 aromatic carbocycles. The van der Waals surface area contributed by atoms with Gasteiger partial charge in [-0.25, -0.2) is 0 Å². The zero-order valence-electron chi connectivity index (χ0n) is 13.2. The van der Waals surface area contributed by atoms with Gasteiger partial charge in [-0.15, -0.1) is 0 Å². The maximum atomic E-state index is 12.8. The van der Waals surface area contributed by atoms with Crippen molar-refractivity contribution < 1.29 is 9.53 Å². The van der Waals surface area contributed by atoms with E-state index >= 15 is 0 Å². The predicted octanol–water partition coefficient (Wildman–Crippen LogP) is 4.97. The van der Waals surface area contributed by atoms with E-state index in [1.54, 1.807) is 0 Å². The summed E-state index contributed by atoms with van der Waals surface area (Å²) in [6, 6.07) is 5.87. The van der Waals surface area contributed by atoms with Gasteiger partial charge in [-0.05, 0) is 31.9 Å². The molecule has 114 valence electrons. The molecule has 1 atom stereocenters. The van der Waals surface area contributed by atoms with Crippen LogP contribution < -0.4 is 4.74 Å². The van der Waals surface area contributed by atoms with Gasteiger partial charge < -0.3 is 9.72 Å². The van der Waals surface area contributed by atoms with Crippen molar-refractivity contribution in [3.8, 4) is 5.75 Å². The number of rotatable bonds is 8. The van der Waals surface area contributed by atoms with Crippen molar-refractivity contribution in [2.75, 3.05) is 6.61 Å². The number of benzene rings is 1. The molecule has 1 heterocycles. The minimum atomic E-state index is 0.110. The van der Waals surface area contributed by atoms with Crippen LogP contribution in [-0.4, -0.2) is 17.4 Å². The van der Waals surface area contributed by atoms with Gasteiger partial charge in [0.15, 0.2) is 5.78 Å². The van der Waals surface area contributed by atoms with Crippen molar-refractivity contribution in [3.63, 3.8) is 0 Å². The van der Waals surface area contributed by atoms with Gasteiger partial charge >= 0.3 is 0 Å². The maximum Gasteiger partial charge on any atom is 0.168 e. The molecule has 1 N–H and O–H groups in total. The van der Waals surface area contributed by atoms with Crippen LogP contribution in [0.2, 0.25) is 0 Å². The summed E-state index contributed by atoms with van der Waals surface area (Å²) in [5, 5.41) is 0.930. The summed E-state index contributed by atoms with van der Waals surface area (Å²) in [6.45, 7) is 6.82. The van der Waals surface area contributed by atoms with Crippen LogP contribution in [0.25, 0.3) is 10.9 Å². The molecule has 0 saturated carbocycles. The summed E-state index contributed by atoms with van der Waals surface area (Å²) >= 11 is 0. The molecule has 0 fully saturated rings. The molecule has 2 rings (SSSR count). The highest BCUT2D eigenvalue weighted by Gasteiger charge is 2.22. The van der Waals surface area contributed by atoms with Crippen LogP contribution in [0.4, 0.5) is 0 Å². The van der Waals surface area contributed by atoms with E-state index in [-0.39, 0.29) is 11.7 Å². The van der Waals surface area contributed by atoms with E-state index in [0.29, 0.717) is 6.61 Å². The quantitative estimate of drug-likeness (QED) is 0.697. The van der Waals surface area contributed by atoms with Gasteiger partial charge in [0.2, 0.25) is 0 Å². The Bertz CT molecular complexity index is 600. The molecule has 0 aliphatic heterocycles. The van der Waals surface area contributed by atoms with Crippen molar-refractivity contribution in [1.29, 1.82) is 0 Å². The average Bonchev–Trinajstić information content (AvgIpc) is 2.93. The molecule has 0 bridgehead atoms. The number of ether oxygens (including phenoxy) is 1. The highest BCUT2D eigenvalue weighted by atomic mass is 16.5. The van der Waals surface area contributed by atoms with Gasteiger partial charge in [0.1, 0.15) is 5.75 Å². The third-order valence-corrected chi connectivity index (χ3v) is 4.00. The Morgan fingerprint density at radius 1 is 1.29 bits per heavy atom. The smallest absolute Gasteiger partial charge is 0.168 e. The standard InChI is InChI=1S/C18H25NO2/c1-4-7-9-13(5-2)18(20)14-12-19-15-10-8-11-16(17(14)15)21-6-3/h8,10-13,19H,4-7,9H2,1-3H3. The largest absolute Gasteiger partial charge is 0.493 e. The molecule has 21 heavy (non-hydrogen) atoms. The Balaban J connectivity index is 2.38. The summed E-state index contributed by atoms with van der Waals surface area (Å²) in [6.07, 6.45) is 5.93. The fraction of sp³-hybridized carbons (Fsp3) is 0.500. The van der Waals surface area contributed by atoms with E-state index in [4.69, 9.17) is 4.74 Å². The lowest BCUT2D eigenvalue weighted by molar-refractivity contribution is 0.0909. The number of Topliss-reactive ketones (excluding diaryl/α,β-unsaturated/α-hetero) is 1. The van der Waals surface area contributed by atoms with E-state index in [1.165, 1.54) is 0 Å². The van der Waals surface area contributed by atoms with E-state index in [9.17, 15) is 4.79 Å². The second kappa shape index (κ2) is 7.30. The number of fused-ring (bicyclic) bond motifs is 1. The summed E-state index contributed by atoms with van der Waals surface area (Å²) in [5.74, 6) is 1.15. The Morgan fingerprint density at radius 3 is 2.76 bits per heavy atom. The monoisotopic (exact) mass is 287 g/mol. The lowest BCUT2D eigenvalue weighted by Gasteiger charge is -2.13. The Labute approximate surface area is 126 Å². The number of nitrogens with one attached hydrogen (secondary N) is 1. The number of unbranched alkanes of at least 4 members (excludes halogenated alkanes) is 1. The zero-order chi connectivity index (χ0) is 15.2. The number of carbonyl (C=O) groups excluding carboxylic acids is 1. The molecule has 3 nitrogen and oxygen atoms in total. The number of ketones is 1. The molecule has 3 heteroatoms. The van der Waals surface area contributed by atoms with Gasteiger partial charge in [0, 0.05) is 23.2 Å². The zero-order valence-corrected chi connectivity index (χ0v) is 13.2. The lowest BCUT2D eigenvalue weighted by atomic mass is 9.90. The maximum absolute atomic E-state index is 12.8. The van der Waals surface area contributed by atoms with Gasteiger partial charge in [-0.1, -0.05) is 32.8 Å². The van der Waals surface area contributed by atoms with Crippen molar-refractivity contribution in [3.05, 3.63) is 30.0 Å². The molecule has 0 amide bonds. The van der Waals surface area contributed by atoms with Crippen molar-refractivity contribution in [1.82, 2.24) is 4.98 Å². The molecule has 0 aliphatic rings. The number of hydrogen-bond acceptors (Lipinski definition) is 2. The molecule has 0 aliphatic carbocycles. The first-order valence-electron chi connectivity index (χ1n) is 7.99. The molecule has 1 unspecified atom stereocenters. The molecular formula is C18H25NO2. The van der Waals surface area contributed by atoms with Gasteiger partial charge in [0.05, 0.1) is 12.0 Å². The first kappa shape index (κ1) is 15.6. The topological polar surface area (TPSA) is 42.1 Å². The third kappa shape index (κ3) is 3.29. The van der Waals surface area contributed by atoms with Crippen molar-refractivity contribution in [2.45, 2.75) is 46.5 Å². The molecular weight excluding hydrogens is 262 g/mol. The second-order valence-electron chi connectivity index (χ2n) is 5.43. The van der Waals surface area contributed by atoms with Crippen molar-refractivity contribution >= 4 is 16.7 Å². The van der Waals surface area contributed by atoms with Crippen LogP contribution in [0.15, 0.2) is 24.4 Å². The normalized spacial score (nSPS) is 12.5. The van der Waals surface area contributed by atoms with Crippen molar-refractivity contribution in [2.24, 2.45) is 5.92 Å². The van der Waals surface area contributed by atoms with Crippen LogP contribution in [0.3, 0.4) is 0 Å². The highest BCUT2D eigenvalue weighted by molar-refractivity contribution is 6.10. The van der Waals surface area contributed by atoms with Crippen LogP contribution >= 0.6 is 0 Å².